The number of β-amino-alcohol motifs (C(OH)–C–C–N with tert-alkyl or cyclic N) is 1. The van der Waals surface area contributed by atoms with E-state index in [0.29, 0.717) is 12.3 Å². The Labute approximate surface area is 112 Å². The fraction of sp³-hybridized carbons (Fsp3) is 0.462. The van der Waals surface area contributed by atoms with Crippen molar-refractivity contribution in [2.45, 2.75) is 0 Å². The van der Waals surface area contributed by atoms with Gasteiger partial charge >= 0.3 is 6.09 Å². The molecule has 104 valence electrons. The molecule has 0 radical (unpaired) electrons. The molecule has 1 saturated heterocycles. The molecule has 0 spiro atoms. The zero-order valence-electron chi connectivity index (χ0n) is 10.8. The Morgan fingerprint density at radius 1 is 1.21 bits per heavy atom. The number of benzene rings is 1. The lowest BCUT2D eigenvalue weighted by molar-refractivity contribution is 0.0766. The van der Waals surface area contributed by atoms with E-state index in [1.54, 1.807) is 12.1 Å². The molecule has 0 saturated carbocycles. The van der Waals surface area contributed by atoms with E-state index < -0.39 is 6.09 Å². The number of para-hydroxylation sites is 1. The number of nitrogens with zero attached hydrogens (tertiary/aromatic N) is 2. The van der Waals surface area contributed by atoms with Gasteiger partial charge in [-0.25, -0.2) is 9.80 Å². The molecule has 1 aromatic carbocycles. The summed E-state index contributed by atoms with van der Waals surface area (Å²) in [5, 5.41) is 10.7. The summed E-state index contributed by atoms with van der Waals surface area (Å²) in [6.07, 6.45) is -0.471. The van der Waals surface area contributed by atoms with Crippen LogP contribution in [0.5, 0.6) is 5.75 Å². The lowest BCUT2D eigenvalue weighted by Gasteiger charge is -2.33. The highest BCUT2D eigenvalue weighted by atomic mass is 16.6. The van der Waals surface area contributed by atoms with E-state index in [-0.39, 0.29) is 6.61 Å². The third kappa shape index (κ3) is 4.51. The Hall–Kier alpha value is -1.63. The van der Waals surface area contributed by atoms with E-state index in [1.807, 2.05) is 23.2 Å². The van der Waals surface area contributed by atoms with Crippen LogP contribution in [0, 0.1) is 0 Å². The van der Waals surface area contributed by atoms with Crippen LogP contribution < -0.4 is 10.2 Å². The summed E-state index contributed by atoms with van der Waals surface area (Å²) in [5.41, 5.74) is 2.71. The van der Waals surface area contributed by atoms with Gasteiger partial charge in [-0.3, -0.25) is 10.3 Å². The zero-order chi connectivity index (χ0) is 13.5. The maximum atomic E-state index is 11.7. The Bertz CT molecular complexity index is 391. The molecular formula is C13H19N3O3. The van der Waals surface area contributed by atoms with Crippen LogP contribution in [-0.2, 0) is 0 Å². The second kappa shape index (κ2) is 7.08. The van der Waals surface area contributed by atoms with Crippen LogP contribution in [0.15, 0.2) is 30.3 Å². The first-order chi connectivity index (χ1) is 9.28. The minimum Gasteiger partial charge on any atom is -0.409 e. The molecule has 1 heterocycles. The number of hydrazine groups is 1. The summed E-state index contributed by atoms with van der Waals surface area (Å²) >= 11 is 0. The van der Waals surface area contributed by atoms with E-state index >= 15 is 0 Å². The molecule has 19 heavy (non-hydrogen) atoms. The zero-order valence-corrected chi connectivity index (χ0v) is 10.8. The first kappa shape index (κ1) is 13.8. The molecule has 1 aromatic rings. The molecule has 0 bridgehead atoms. The number of nitrogens with one attached hydrogen (secondary N) is 1. The maximum Gasteiger partial charge on any atom is 0.427 e. The van der Waals surface area contributed by atoms with Crippen molar-refractivity contribution in [3.8, 4) is 5.75 Å². The van der Waals surface area contributed by atoms with Crippen molar-refractivity contribution in [1.82, 2.24) is 15.3 Å². The van der Waals surface area contributed by atoms with Gasteiger partial charge in [-0.1, -0.05) is 18.2 Å². The van der Waals surface area contributed by atoms with Crippen molar-refractivity contribution < 1.29 is 14.6 Å². The molecule has 1 fully saturated rings. The van der Waals surface area contributed by atoms with Crippen molar-refractivity contribution in [1.29, 1.82) is 0 Å². The lowest BCUT2D eigenvalue weighted by atomic mass is 10.3. The highest BCUT2D eigenvalue weighted by molar-refractivity contribution is 5.69. The van der Waals surface area contributed by atoms with Crippen LogP contribution in [-0.4, -0.2) is 60.4 Å². The van der Waals surface area contributed by atoms with Gasteiger partial charge in [0.2, 0.25) is 0 Å². The van der Waals surface area contributed by atoms with Gasteiger partial charge in [0.05, 0.1) is 6.61 Å². The molecule has 0 atom stereocenters. The fourth-order valence-electron chi connectivity index (χ4n) is 1.97. The first-order valence-electron chi connectivity index (χ1n) is 6.39. The number of carbonyl (C=O) groups is 1. The number of carbonyl (C=O) groups excluding carboxylic acids is 1. The smallest absolute Gasteiger partial charge is 0.409 e. The average molecular weight is 265 g/mol. The van der Waals surface area contributed by atoms with Crippen LogP contribution in [0.3, 0.4) is 0 Å². The Morgan fingerprint density at radius 3 is 2.53 bits per heavy atom. The van der Waals surface area contributed by atoms with Gasteiger partial charge in [-0.15, -0.1) is 0 Å². The number of aliphatic hydroxyl groups is 1. The minimum absolute atomic E-state index is 0.170. The maximum absolute atomic E-state index is 11.7. The molecule has 1 amide bonds. The quantitative estimate of drug-likeness (QED) is 0.820. The Balaban J connectivity index is 1.72. The van der Waals surface area contributed by atoms with Gasteiger partial charge in [0.15, 0.2) is 0 Å². The van der Waals surface area contributed by atoms with E-state index in [4.69, 9.17) is 9.84 Å². The number of hydrogen-bond acceptors (Lipinski definition) is 5. The van der Waals surface area contributed by atoms with Gasteiger partial charge in [-0.2, -0.15) is 0 Å². The topological polar surface area (TPSA) is 65.0 Å². The van der Waals surface area contributed by atoms with Crippen molar-refractivity contribution >= 4 is 6.09 Å². The summed E-state index contributed by atoms with van der Waals surface area (Å²) in [6, 6.07) is 8.97. The van der Waals surface area contributed by atoms with Gasteiger partial charge in [0.1, 0.15) is 5.75 Å². The largest absolute Gasteiger partial charge is 0.427 e. The van der Waals surface area contributed by atoms with Crippen molar-refractivity contribution in [2.24, 2.45) is 0 Å². The van der Waals surface area contributed by atoms with Gasteiger partial charge < -0.3 is 9.84 Å². The van der Waals surface area contributed by atoms with Crippen LogP contribution in [0.1, 0.15) is 0 Å². The number of aliphatic hydroxyl groups excluding tert-OH is 1. The molecule has 6 heteroatoms. The average Bonchev–Trinajstić information content (AvgIpc) is 2.42. The molecule has 0 aliphatic carbocycles. The van der Waals surface area contributed by atoms with E-state index in [1.165, 1.54) is 0 Å². The number of hydrogen-bond donors (Lipinski definition) is 2. The molecule has 0 aromatic heterocycles. The molecular weight excluding hydrogens is 246 g/mol. The molecule has 2 N–H and O–H groups in total. The summed E-state index contributed by atoms with van der Waals surface area (Å²) in [5.74, 6) is 0.527. The van der Waals surface area contributed by atoms with Crippen molar-refractivity contribution in [3.05, 3.63) is 30.3 Å². The normalized spacial score (nSPS) is 17.1. The third-order valence-electron chi connectivity index (χ3n) is 2.99. The van der Waals surface area contributed by atoms with E-state index in [0.717, 1.165) is 26.2 Å². The lowest BCUT2D eigenvalue weighted by Crippen LogP contribution is -2.54. The predicted octanol–water partition coefficient (Wildman–Crippen LogP) is 0.300. The molecule has 0 unspecified atom stereocenters. The van der Waals surface area contributed by atoms with E-state index in [2.05, 4.69) is 10.3 Å². The van der Waals surface area contributed by atoms with E-state index in [9.17, 15) is 4.79 Å². The van der Waals surface area contributed by atoms with Gasteiger partial charge in [0, 0.05) is 32.7 Å². The van der Waals surface area contributed by atoms with Crippen molar-refractivity contribution in [2.75, 3.05) is 39.3 Å². The first-order valence-corrected chi connectivity index (χ1v) is 6.39. The highest BCUT2D eigenvalue weighted by Crippen LogP contribution is 2.08. The summed E-state index contributed by atoms with van der Waals surface area (Å²) < 4.78 is 5.15. The summed E-state index contributed by atoms with van der Waals surface area (Å²) in [7, 11) is 0. The fourth-order valence-corrected chi connectivity index (χ4v) is 1.97. The number of ether oxygens (including phenoxy) is 1. The Kier molecular flexibility index (Phi) is 5.14. The highest BCUT2D eigenvalue weighted by Gasteiger charge is 2.18. The minimum atomic E-state index is -0.471. The number of rotatable bonds is 4. The van der Waals surface area contributed by atoms with Crippen molar-refractivity contribution in [3.63, 3.8) is 0 Å². The Morgan fingerprint density at radius 2 is 1.89 bits per heavy atom. The second-order valence-electron chi connectivity index (χ2n) is 4.37. The molecule has 1 aliphatic rings. The summed E-state index contributed by atoms with van der Waals surface area (Å²) in [4.78, 5) is 13.8. The van der Waals surface area contributed by atoms with Crippen LogP contribution in [0.4, 0.5) is 4.79 Å². The third-order valence-corrected chi connectivity index (χ3v) is 2.99. The monoisotopic (exact) mass is 265 g/mol. The SMILES string of the molecule is O=C(NN1CCN(CCO)CC1)Oc1ccccc1. The van der Waals surface area contributed by atoms with Crippen LogP contribution in [0.25, 0.3) is 0 Å². The standard InChI is InChI=1S/C13H19N3O3/c17-11-10-15-6-8-16(9-7-15)14-13(18)19-12-4-2-1-3-5-12/h1-5,17H,6-11H2,(H,14,18). The van der Waals surface area contributed by atoms with Crippen LogP contribution >= 0.6 is 0 Å². The van der Waals surface area contributed by atoms with Crippen LogP contribution in [0.2, 0.25) is 0 Å². The molecule has 2 rings (SSSR count). The number of piperazine rings is 1. The second-order valence-corrected chi connectivity index (χ2v) is 4.37. The van der Waals surface area contributed by atoms with Gasteiger partial charge in [0.25, 0.3) is 0 Å². The summed E-state index contributed by atoms with van der Waals surface area (Å²) in [6.45, 7) is 3.96. The predicted molar refractivity (Wildman–Crippen MR) is 70.7 cm³/mol. The van der Waals surface area contributed by atoms with Gasteiger partial charge in [-0.05, 0) is 12.1 Å². The molecule has 6 nitrogen and oxygen atoms in total. The number of amides is 1. The molecule has 1 aliphatic heterocycles.